The first kappa shape index (κ1) is 18.5. The summed E-state index contributed by atoms with van der Waals surface area (Å²) in [6.45, 7) is 2.05. The molecule has 1 aromatic carbocycles. The first-order valence-corrected chi connectivity index (χ1v) is 5.62. The predicted octanol–water partition coefficient (Wildman–Crippen LogP) is 2.48. The van der Waals surface area contributed by atoms with Gasteiger partial charge >= 0.3 is 12.1 Å². The van der Waals surface area contributed by atoms with Crippen molar-refractivity contribution in [3.63, 3.8) is 0 Å². The van der Waals surface area contributed by atoms with Crippen molar-refractivity contribution in [1.82, 2.24) is 5.32 Å². The number of carbonyl (C=O) groups is 2. The lowest BCUT2D eigenvalue weighted by atomic mass is 10.1. The van der Waals surface area contributed by atoms with Crippen LogP contribution in [0.1, 0.15) is 18.1 Å². The van der Waals surface area contributed by atoms with Crippen LogP contribution in [0.4, 0.5) is 13.2 Å². The van der Waals surface area contributed by atoms with Gasteiger partial charge in [-0.1, -0.05) is 24.3 Å². The molecular formula is C13H14F3NO4. The second-order valence-corrected chi connectivity index (χ2v) is 3.73. The van der Waals surface area contributed by atoms with Crippen LogP contribution >= 0.6 is 0 Å². The van der Waals surface area contributed by atoms with Crippen molar-refractivity contribution in [3.05, 3.63) is 41.6 Å². The molecule has 0 saturated carbocycles. The summed E-state index contributed by atoms with van der Waals surface area (Å²) in [5.74, 6) is -3.59. The number of aliphatic carboxylic acids is 2. The summed E-state index contributed by atoms with van der Waals surface area (Å²) in [6.07, 6.45) is -0.999. The number of hydrogen-bond acceptors (Lipinski definition) is 3. The molecule has 0 unspecified atom stereocenters. The minimum absolute atomic E-state index is 0.833. The monoisotopic (exact) mass is 305 g/mol. The fraction of sp³-hybridized carbons (Fsp3) is 0.231. The topological polar surface area (TPSA) is 86.6 Å². The fourth-order valence-corrected chi connectivity index (χ4v) is 1.18. The Morgan fingerprint density at radius 3 is 2.10 bits per heavy atom. The summed E-state index contributed by atoms with van der Waals surface area (Å²) in [7, 11) is 0. The van der Waals surface area contributed by atoms with Crippen LogP contribution in [0.3, 0.4) is 0 Å². The Kier molecular flexibility index (Phi) is 7.59. The normalized spacial score (nSPS) is 11.6. The molecule has 0 aromatic heterocycles. The molecule has 1 heterocycles. The zero-order chi connectivity index (χ0) is 16.5. The Hall–Kier alpha value is -2.51. The van der Waals surface area contributed by atoms with Crippen molar-refractivity contribution in [2.75, 3.05) is 0 Å². The van der Waals surface area contributed by atoms with Crippen LogP contribution in [-0.2, 0) is 16.1 Å². The molecule has 1 aliphatic rings. The van der Waals surface area contributed by atoms with Crippen molar-refractivity contribution in [3.8, 4) is 0 Å². The van der Waals surface area contributed by atoms with Crippen molar-refractivity contribution in [2.24, 2.45) is 0 Å². The molecule has 8 heteroatoms. The van der Waals surface area contributed by atoms with E-state index in [0.29, 0.717) is 0 Å². The van der Waals surface area contributed by atoms with Crippen molar-refractivity contribution >= 4 is 18.0 Å². The number of hydrogen-bond donors (Lipinski definition) is 3. The molecule has 0 amide bonds. The zero-order valence-electron chi connectivity index (χ0n) is 11.0. The smallest absolute Gasteiger partial charge is 0.481 e. The van der Waals surface area contributed by atoms with E-state index in [4.69, 9.17) is 19.8 Å². The summed E-state index contributed by atoms with van der Waals surface area (Å²) in [5.41, 5.74) is 2.71. The van der Waals surface area contributed by atoms with Crippen LogP contribution in [0, 0.1) is 0 Å². The Labute approximate surface area is 118 Å². The summed E-state index contributed by atoms with van der Waals surface area (Å²) < 4.78 is 31.7. The van der Waals surface area contributed by atoms with E-state index < -0.39 is 18.1 Å². The van der Waals surface area contributed by atoms with Gasteiger partial charge in [0.2, 0.25) is 0 Å². The van der Waals surface area contributed by atoms with Gasteiger partial charge < -0.3 is 15.5 Å². The first-order chi connectivity index (χ1) is 9.64. The highest BCUT2D eigenvalue weighted by Crippen LogP contribution is 2.13. The highest BCUT2D eigenvalue weighted by Gasteiger charge is 2.38. The molecule has 1 aromatic rings. The zero-order valence-corrected chi connectivity index (χ0v) is 11.0. The van der Waals surface area contributed by atoms with Crippen molar-refractivity contribution in [2.45, 2.75) is 19.6 Å². The van der Waals surface area contributed by atoms with Crippen LogP contribution in [0.5, 0.6) is 0 Å². The second kappa shape index (κ2) is 8.62. The summed E-state index contributed by atoms with van der Waals surface area (Å²) >= 11 is 0. The second-order valence-electron chi connectivity index (χ2n) is 3.73. The van der Waals surface area contributed by atoms with E-state index in [2.05, 4.69) is 35.7 Å². The molecule has 116 valence electrons. The largest absolute Gasteiger partial charge is 0.490 e. The predicted molar refractivity (Wildman–Crippen MR) is 69.3 cm³/mol. The van der Waals surface area contributed by atoms with Gasteiger partial charge in [0.25, 0.3) is 5.97 Å². The van der Waals surface area contributed by atoms with Gasteiger partial charge in [-0.25, -0.2) is 4.79 Å². The average Bonchev–Trinajstić information content (AvgIpc) is 2.38. The number of nitrogens with one attached hydrogen (secondary N) is 1. The molecule has 0 bridgehead atoms. The molecule has 2 rings (SSSR count). The van der Waals surface area contributed by atoms with E-state index in [0.717, 1.165) is 13.5 Å². The van der Waals surface area contributed by atoms with Crippen LogP contribution in [0.15, 0.2) is 30.5 Å². The third kappa shape index (κ3) is 9.09. The molecule has 5 nitrogen and oxygen atoms in total. The van der Waals surface area contributed by atoms with Gasteiger partial charge in [0.1, 0.15) is 0 Å². The number of carboxylic acids is 2. The van der Waals surface area contributed by atoms with Gasteiger partial charge in [0, 0.05) is 13.5 Å². The first-order valence-electron chi connectivity index (χ1n) is 5.62. The molecule has 3 N–H and O–H groups in total. The van der Waals surface area contributed by atoms with Gasteiger partial charge in [-0.15, -0.1) is 0 Å². The molecule has 0 saturated heterocycles. The Morgan fingerprint density at radius 1 is 1.19 bits per heavy atom. The van der Waals surface area contributed by atoms with Crippen LogP contribution in [0.25, 0.3) is 6.08 Å². The molecule has 0 spiro atoms. The molecule has 0 radical (unpaired) electrons. The van der Waals surface area contributed by atoms with Crippen LogP contribution < -0.4 is 5.32 Å². The highest BCUT2D eigenvalue weighted by atomic mass is 19.4. The standard InChI is InChI=1S/C9H9N.C2HF3O2.C2H4O2/c1-2-4-9-7-10-6-5-8(9)3-1;3-2(4,5)1(6)7;1-2(3)4/h1-6,10H,7H2;(H,6,7);1H3,(H,3,4). The van der Waals surface area contributed by atoms with Crippen LogP contribution in [0.2, 0.25) is 0 Å². The maximum atomic E-state index is 10.6. The fourth-order valence-electron chi connectivity index (χ4n) is 1.18. The highest BCUT2D eigenvalue weighted by molar-refractivity contribution is 5.73. The quantitative estimate of drug-likeness (QED) is 0.685. The number of alkyl halides is 3. The SMILES string of the molecule is C1=Cc2ccccc2CN1.CC(=O)O.O=C(O)C(F)(F)F. The lowest BCUT2D eigenvalue weighted by Gasteiger charge is -2.10. The van der Waals surface area contributed by atoms with E-state index in [1.165, 1.54) is 11.1 Å². The van der Waals surface area contributed by atoms with E-state index >= 15 is 0 Å². The average molecular weight is 305 g/mol. The van der Waals surface area contributed by atoms with Crippen molar-refractivity contribution < 1.29 is 33.0 Å². The molecular weight excluding hydrogens is 291 g/mol. The van der Waals surface area contributed by atoms with E-state index in [-0.39, 0.29) is 0 Å². The molecule has 1 aliphatic heterocycles. The Morgan fingerprint density at radius 2 is 1.67 bits per heavy atom. The van der Waals surface area contributed by atoms with Crippen molar-refractivity contribution in [1.29, 1.82) is 0 Å². The minimum atomic E-state index is -5.08. The van der Waals surface area contributed by atoms with Gasteiger partial charge in [-0.3, -0.25) is 4.79 Å². The number of carboxylic acid groups (broad SMARTS) is 2. The number of rotatable bonds is 0. The lowest BCUT2D eigenvalue weighted by molar-refractivity contribution is -0.192. The molecule has 0 aliphatic carbocycles. The minimum Gasteiger partial charge on any atom is -0.481 e. The maximum Gasteiger partial charge on any atom is 0.490 e. The number of fused-ring (bicyclic) bond motifs is 1. The Bertz CT molecular complexity index is 508. The maximum absolute atomic E-state index is 10.6. The van der Waals surface area contributed by atoms with Gasteiger partial charge in [0.15, 0.2) is 0 Å². The number of benzene rings is 1. The summed E-state index contributed by atoms with van der Waals surface area (Å²) in [4.78, 5) is 17.9. The van der Waals surface area contributed by atoms with Gasteiger partial charge in [0.05, 0.1) is 0 Å². The third-order valence-electron chi connectivity index (χ3n) is 1.97. The summed E-state index contributed by atoms with van der Waals surface area (Å²) in [5, 5.41) is 17.7. The molecule has 21 heavy (non-hydrogen) atoms. The van der Waals surface area contributed by atoms with E-state index in [9.17, 15) is 13.2 Å². The van der Waals surface area contributed by atoms with E-state index in [1.807, 2.05) is 6.20 Å². The molecule has 0 atom stereocenters. The van der Waals surface area contributed by atoms with Crippen LogP contribution in [-0.4, -0.2) is 28.3 Å². The summed E-state index contributed by atoms with van der Waals surface area (Å²) in [6, 6.07) is 8.41. The van der Waals surface area contributed by atoms with Gasteiger partial charge in [-0.2, -0.15) is 13.2 Å². The number of halogens is 3. The van der Waals surface area contributed by atoms with Gasteiger partial charge in [-0.05, 0) is 23.4 Å². The third-order valence-corrected chi connectivity index (χ3v) is 1.97. The lowest BCUT2D eigenvalue weighted by Crippen LogP contribution is -2.21. The molecule has 0 fully saturated rings. The van der Waals surface area contributed by atoms with E-state index in [1.54, 1.807) is 0 Å². The Balaban J connectivity index is 0.000000321.